The number of hydrogen-bond donors (Lipinski definition) is 1. The van der Waals surface area contributed by atoms with E-state index < -0.39 is 0 Å². The minimum atomic E-state index is 0.476. The lowest BCUT2D eigenvalue weighted by atomic mass is 10.1. The number of rotatable bonds is 1. The lowest BCUT2D eigenvalue weighted by Gasteiger charge is -1.86. The molecule has 11 heavy (non-hydrogen) atoms. The Kier molecular flexibility index (Phi) is 1.77. The number of aromatic amines is 1. The maximum Gasteiger partial charge on any atom is 0.152 e. The summed E-state index contributed by atoms with van der Waals surface area (Å²) in [4.78, 5) is 13.3. The Hall–Kier alpha value is -1.56. The summed E-state index contributed by atoms with van der Waals surface area (Å²) in [5, 5.41) is 8.55. The minimum absolute atomic E-state index is 0.476. The van der Waals surface area contributed by atoms with Crippen molar-refractivity contribution in [2.75, 3.05) is 0 Å². The summed E-state index contributed by atoms with van der Waals surface area (Å²) in [5.74, 6) is 0. The van der Waals surface area contributed by atoms with Crippen molar-refractivity contribution in [3.05, 3.63) is 22.5 Å². The van der Waals surface area contributed by atoms with E-state index in [1.807, 2.05) is 6.07 Å². The molecular weight excluding hydrogens is 140 g/mol. The Morgan fingerprint density at radius 1 is 1.55 bits per heavy atom. The van der Waals surface area contributed by atoms with Gasteiger partial charge in [-0.2, -0.15) is 5.26 Å². The maximum atomic E-state index is 10.4. The molecule has 0 bridgehead atoms. The molecule has 0 aromatic carbocycles. The van der Waals surface area contributed by atoms with Crippen LogP contribution >= 0.6 is 0 Å². The van der Waals surface area contributed by atoms with E-state index in [4.69, 9.17) is 5.26 Å². The van der Waals surface area contributed by atoms with Crippen LogP contribution in [-0.2, 0) is 0 Å². The zero-order valence-corrected chi connectivity index (χ0v) is 6.43. The number of nitrogens with one attached hydrogen (secondary N) is 1. The average molecular weight is 148 g/mol. The van der Waals surface area contributed by atoms with Gasteiger partial charge in [0.2, 0.25) is 0 Å². The highest BCUT2D eigenvalue weighted by Gasteiger charge is 2.08. The van der Waals surface area contributed by atoms with Crippen LogP contribution in [0.4, 0.5) is 0 Å². The third kappa shape index (κ3) is 1.03. The van der Waals surface area contributed by atoms with Crippen LogP contribution in [0.5, 0.6) is 0 Å². The van der Waals surface area contributed by atoms with Crippen molar-refractivity contribution in [1.29, 1.82) is 5.26 Å². The number of carbonyl (C=O) groups excluding carboxylic acids is 1. The molecule has 3 nitrogen and oxygen atoms in total. The largest absolute Gasteiger partial charge is 0.350 e. The number of nitrogens with zero attached hydrogens (tertiary/aromatic N) is 1. The van der Waals surface area contributed by atoms with Gasteiger partial charge in [0.25, 0.3) is 0 Å². The van der Waals surface area contributed by atoms with Crippen LogP contribution in [0.1, 0.15) is 27.3 Å². The van der Waals surface area contributed by atoms with Crippen LogP contribution in [0.2, 0.25) is 0 Å². The first kappa shape index (κ1) is 7.55. The number of carbonyl (C=O) groups is 1. The van der Waals surface area contributed by atoms with Crippen LogP contribution in [0.15, 0.2) is 0 Å². The van der Waals surface area contributed by atoms with Gasteiger partial charge in [-0.1, -0.05) is 0 Å². The second kappa shape index (κ2) is 2.59. The maximum absolute atomic E-state index is 10.4. The molecule has 0 aliphatic rings. The molecule has 0 aliphatic carbocycles. The normalized spacial score (nSPS) is 9.18. The Balaban J connectivity index is 3.39. The zero-order chi connectivity index (χ0) is 8.43. The fourth-order valence-corrected chi connectivity index (χ4v) is 1.05. The molecule has 1 rings (SSSR count). The Bertz CT molecular complexity index is 331. The molecule has 1 aromatic rings. The standard InChI is InChI=1S/C8H8N2O/c1-5-7(4-11)6(2)10-8(5)3-9/h4,10H,1-2H3. The van der Waals surface area contributed by atoms with Crippen molar-refractivity contribution in [1.82, 2.24) is 4.98 Å². The van der Waals surface area contributed by atoms with Gasteiger partial charge in [0.05, 0.1) is 0 Å². The highest BCUT2D eigenvalue weighted by atomic mass is 16.1. The quantitative estimate of drug-likeness (QED) is 0.610. The number of aldehydes is 1. The molecular formula is C8H8N2O. The summed E-state index contributed by atoms with van der Waals surface area (Å²) < 4.78 is 0. The molecule has 1 aromatic heterocycles. The van der Waals surface area contributed by atoms with Gasteiger partial charge < -0.3 is 4.98 Å². The first-order valence-electron chi connectivity index (χ1n) is 3.25. The fraction of sp³-hybridized carbons (Fsp3) is 0.250. The van der Waals surface area contributed by atoms with E-state index in [9.17, 15) is 4.79 Å². The average Bonchev–Trinajstić information content (AvgIpc) is 2.26. The Morgan fingerprint density at radius 3 is 2.45 bits per heavy atom. The predicted molar refractivity (Wildman–Crippen MR) is 40.4 cm³/mol. The molecule has 0 saturated carbocycles. The van der Waals surface area contributed by atoms with E-state index in [0.717, 1.165) is 17.5 Å². The van der Waals surface area contributed by atoms with E-state index in [2.05, 4.69) is 4.98 Å². The highest BCUT2D eigenvalue weighted by molar-refractivity contribution is 5.80. The van der Waals surface area contributed by atoms with Crippen molar-refractivity contribution < 1.29 is 4.79 Å². The molecule has 0 unspecified atom stereocenters. The van der Waals surface area contributed by atoms with Crippen LogP contribution in [0.3, 0.4) is 0 Å². The first-order chi connectivity index (χ1) is 5.20. The van der Waals surface area contributed by atoms with Gasteiger partial charge in [0.15, 0.2) is 6.29 Å². The van der Waals surface area contributed by atoms with Crippen LogP contribution in [0.25, 0.3) is 0 Å². The number of hydrogen-bond acceptors (Lipinski definition) is 2. The lowest BCUT2D eigenvalue weighted by Crippen LogP contribution is -1.82. The van der Waals surface area contributed by atoms with Crippen molar-refractivity contribution >= 4 is 6.29 Å². The fourth-order valence-electron chi connectivity index (χ4n) is 1.05. The molecule has 0 saturated heterocycles. The SMILES string of the molecule is Cc1[nH]c(C#N)c(C)c1C=O. The summed E-state index contributed by atoms with van der Waals surface area (Å²) in [6, 6.07) is 1.98. The Labute approximate surface area is 64.7 Å². The van der Waals surface area contributed by atoms with Crippen LogP contribution in [0, 0.1) is 25.2 Å². The van der Waals surface area contributed by atoms with Crippen LogP contribution in [-0.4, -0.2) is 11.3 Å². The summed E-state index contributed by atoms with van der Waals surface area (Å²) in [7, 11) is 0. The molecule has 0 aliphatic heterocycles. The summed E-state index contributed by atoms with van der Waals surface area (Å²) >= 11 is 0. The Morgan fingerprint density at radius 2 is 2.18 bits per heavy atom. The molecule has 0 fully saturated rings. The zero-order valence-electron chi connectivity index (χ0n) is 6.43. The second-order valence-electron chi connectivity index (χ2n) is 2.39. The van der Waals surface area contributed by atoms with E-state index in [0.29, 0.717) is 11.3 Å². The first-order valence-corrected chi connectivity index (χ1v) is 3.25. The number of nitriles is 1. The van der Waals surface area contributed by atoms with E-state index in [-0.39, 0.29) is 0 Å². The minimum Gasteiger partial charge on any atom is -0.350 e. The second-order valence-corrected chi connectivity index (χ2v) is 2.39. The highest BCUT2D eigenvalue weighted by Crippen LogP contribution is 2.13. The van der Waals surface area contributed by atoms with Gasteiger partial charge in [-0.3, -0.25) is 4.79 Å². The smallest absolute Gasteiger partial charge is 0.152 e. The van der Waals surface area contributed by atoms with Gasteiger partial charge >= 0.3 is 0 Å². The number of aryl methyl sites for hydroxylation is 1. The predicted octanol–water partition coefficient (Wildman–Crippen LogP) is 1.32. The van der Waals surface area contributed by atoms with Crippen molar-refractivity contribution in [3.8, 4) is 6.07 Å². The topological polar surface area (TPSA) is 56.6 Å². The number of H-pyrrole nitrogens is 1. The molecule has 0 amide bonds. The van der Waals surface area contributed by atoms with E-state index in [1.54, 1.807) is 13.8 Å². The van der Waals surface area contributed by atoms with Gasteiger partial charge in [-0.15, -0.1) is 0 Å². The van der Waals surface area contributed by atoms with Crippen molar-refractivity contribution in [2.24, 2.45) is 0 Å². The summed E-state index contributed by atoms with van der Waals surface area (Å²) in [6.07, 6.45) is 0.766. The molecule has 56 valence electrons. The van der Waals surface area contributed by atoms with E-state index >= 15 is 0 Å². The van der Waals surface area contributed by atoms with Crippen LogP contribution < -0.4 is 0 Å². The van der Waals surface area contributed by atoms with E-state index in [1.165, 1.54) is 0 Å². The third-order valence-electron chi connectivity index (χ3n) is 1.73. The van der Waals surface area contributed by atoms with Gasteiger partial charge in [0.1, 0.15) is 11.8 Å². The van der Waals surface area contributed by atoms with Crippen molar-refractivity contribution in [3.63, 3.8) is 0 Å². The van der Waals surface area contributed by atoms with Gasteiger partial charge in [-0.25, -0.2) is 0 Å². The van der Waals surface area contributed by atoms with Gasteiger partial charge in [-0.05, 0) is 19.4 Å². The lowest BCUT2D eigenvalue weighted by molar-refractivity contribution is 0.112. The molecule has 1 N–H and O–H groups in total. The summed E-state index contributed by atoms with van der Waals surface area (Å²) in [5.41, 5.74) is 2.57. The molecule has 0 spiro atoms. The summed E-state index contributed by atoms with van der Waals surface area (Å²) in [6.45, 7) is 3.53. The molecule has 1 heterocycles. The monoisotopic (exact) mass is 148 g/mol. The molecule has 0 radical (unpaired) electrons. The van der Waals surface area contributed by atoms with Crippen molar-refractivity contribution in [2.45, 2.75) is 13.8 Å². The van der Waals surface area contributed by atoms with Gasteiger partial charge in [0, 0.05) is 11.3 Å². The molecule has 0 atom stereocenters. The third-order valence-corrected chi connectivity index (χ3v) is 1.73. The molecule has 3 heteroatoms. The number of aromatic nitrogens is 1.